The quantitative estimate of drug-likeness (QED) is 0.793. The van der Waals surface area contributed by atoms with Gasteiger partial charge in [0.2, 0.25) is 0 Å². The fraction of sp³-hybridized carbons (Fsp3) is 1.00. The van der Waals surface area contributed by atoms with Gasteiger partial charge in [-0.15, -0.1) is 0 Å². The Labute approximate surface area is 126 Å². The van der Waals surface area contributed by atoms with E-state index in [4.69, 9.17) is 0 Å². The van der Waals surface area contributed by atoms with Crippen molar-refractivity contribution in [1.29, 1.82) is 0 Å². The molecule has 2 rings (SSSR count). The molecule has 2 fully saturated rings. The molecule has 4 unspecified atom stereocenters. The van der Waals surface area contributed by atoms with Crippen molar-refractivity contribution in [3.63, 3.8) is 0 Å². The molecule has 4 atom stereocenters. The van der Waals surface area contributed by atoms with Crippen molar-refractivity contribution >= 4 is 0 Å². The molecule has 1 saturated heterocycles. The highest BCUT2D eigenvalue weighted by Crippen LogP contribution is 2.36. The molecule has 0 bridgehead atoms. The van der Waals surface area contributed by atoms with Gasteiger partial charge in [0.15, 0.2) is 0 Å². The first kappa shape index (κ1) is 16.3. The van der Waals surface area contributed by atoms with E-state index in [1.165, 1.54) is 58.2 Å². The van der Waals surface area contributed by atoms with Gasteiger partial charge in [0.05, 0.1) is 0 Å². The molecule has 1 aliphatic heterocycles. The van der Waals surface area contributed by atoms with Gasteiger partial charge < -0.3 is 5.32 Å². The van der Waals surface area contributed by atoms with Crippen LogP contribution in [0.15, 0.2) is 0 Å². The summed E-state index contributed by atoms with van der Waals surface area (Å²) in [6.07, 6.45) is 8.37. The minimum atomic E-state index is 0.756. The molecule has 1 aliphatic carbocycles. The summed E-state index contributed by atoms with van der Waals surface area (Å²) in [5, 5.41) is 3.70. The van der Waals surface area contributed by atoms with Crippen LogP contribution in [0.1, 0.15) is 66.2 Å². The predicted molar refractivity (Wildman–Crippen MR) is 88.0 cm³/mol. The van der Waals surface area contributed by atoms with Gasteiger partial charge in [0, 0.05) is 18.6 Å². The summed E-state index contributed by atoms with van der Waals surface area (Å²) in [5.41, 5.74) is 0. The molecular formula is C18H36N2. The van der Waals surface area contributed by atoms with Crippen molar-refractivity contribution in [2.75, 3.05) is 19.6 Å². The zero-order chi connectivity index (χ0) is 14.5. The standard InChI is InChI=1S/C18H36N2/c1-5-11-20(13-16-7-6-10-19-16)18-12-15(4)8-9-17(18)14(2)3/h14-19H,5-13H2,1-4H3. The highest BCUT2D eigenvalue weighted by molar-refractivity contribution is 4.89. The van der Waals surface area contributed by atoms with E-state index >= 15 is 0 Å². The van der Waals surface area contributed by atoms with Crippen LogP contribution in [0.25, 0.3) is 0 Å². The zero-order valence-electron chi connectivity index (χ0n) is 14.2. The van der Waals surface area contributed by atoms with Gasteiger partial charge in [-0.2, -0.15) is 0 Å². The maximum atomic E-state index is 3.70. The number of nitrogens with zero attached hydrogens (tertiary/aromatic N) is 1. The molecule has 0 aromatic carbocycles. The average Bonchev–Trinajstić information content (AvgIpc) is 2.90. The van der Waals surface area contributed by atoms with E-state index in [2.05, 4.69) is 37.9 Å². The Morgan fingerprint density at radius 1 is 1.20 bits per heavy atom. The van der Waals surface area contributed by atoms with Crippen LogP contribution >= 0.6 is 0 Å². The van der Waals surface area contributed by atoms with Crippen molar-refractivity contribution in [3.05, 3.63) is 0 Å². The first-order chi connectivity index (χ1) is 9.61. The highest BCUT2D eigenvalue weighted by atomic mass is 15.2. The molecule has 0 spiro atoms. The lowest BCUT2D eigenvalue weighted by molar-refractivity contribution is 0.0535. The SMILES string of the molecule is CCCN(CC1CCCN1)C1CC(C)CCC1C(C)C. The molecule has 2 aliphatic rings. The summed E-state index contributed by atoms with van der Waals surface area (Å²) in [7, 11) is 0. The van der Waals surface area contributed by atoms with E-state index in [9.17, 15) is 0 Å². The van der Waals surface area contributed by atoms with Crippen LogP contribution in [0.4, 0.5) is 0 Å². The van der Waals surface area contributed by atoms with Gasteiger partial charge in [-0.1, -0.05) is 34.1 Å². The van der Waals surface area contributed by atoms with Crippen molar-refractivity contribution in [3.8, 4) is 0 Å². The predicted octanol–water partition coefficient (Wildman–Crippen LogP) is 3.91. The van der Waals surface area contributed by atoms with E-state index in [0.29, 0.717) is 0 Å². The number of hydrogen-bond acceptors (Lipinski definition) is 2. The average molecular weight is 280 g/mol. The largest absolute Gasteiger partial charge is 0.313 e. The van der Waals surface area contributed by atoms with Gasteiger partial charge in [0.25, 0.3) is 0 Å². The second kappa shape index (κ2) is 7.79. The molecule has 0 radical (unpaired) electrons. The second-order valence-corrected chi connectivity index (χ2v) is 7.68. The number of hydrogen-bond donors (Lipinski definition) is 1. The molecule has 1 saturated carbocycles. The van der Waals surface area contributed by atoms with Crippen molar-refractivity contribution in [2.24, 2.45) is 17.8 Å². The Morgan fingerprint density at radius 3 is 2.60 bits per heavy atom. The van der Waals surface area contributed by atoms with Gasteiger partial charge in [-0.05, 0) is 62.9 Å². The monoisotopic (exact) mass is 280 g/mol. The Kier molecular flexibility index (Phi) is 6.35. The van der Waals surface area contributed by atoms with Crippen LogP contribution in [0.2, 0.25) is 0 Å². The van der Waals surface area contributed by atoms with Gasteiger partial charge in [-0.3, -0.25) is 4.90 Å². The van der Waals surface area contributed by atoms with E-state index in [-0.39, 0.29) is 0 Å². The fourth-order valence-electron chi connectivity index (χ4n) is 4.45. The lowest BCUT2D eigenvalue weighted by Gasteiger charge is -2.44. The van der Waals surface area contributed by atoms with E-state index in [1.807, 2.05) is 0 Å². The Hall–Kier alpha value is -0.0800. The van der Waals surface area contributed by atoms with Crippen LogP contribution in [0.5, 0.6) is 0 Å². The minimum Gasteiger partial charge on any atom is -0.313 e. The summed E-state index contributed by atoms with van der Waals surface area (Å²) >= 11 is 0. The topological polar surface area (TPSA) is 15.3 Å². The Morgan fingerprint density at radius 2 is 2.00 bits per heavy atom. The molecule has 0 aromatic heterocycles. The molecule has 0 amide bonds. The first-order valence-corrected chi connectivity index (χ1v) is 9.09. The van der Waals surface area contributed by atoms with Crippen LogP contribution in [-0.2, 0) is 0 Å². The third kappa shape index (κ3) is 4.21. The molecule has 1 heterocycles. The smallest absolute Gasteiger partial charge is 0.0195 e. The zero-order valence-corrected chi connectivity index (χ0v) is 14.2. The molecule has 20 heavy (non-hydrogen) atoms. The normalized spacial score (nSPS) is 35.1. The third-order valence-corrected chi connectivity index (χ3v) is 5.58. The van der Waals surface area contributed by atoms with Crippen LogP contribution in [0, 0.1) is 17.8 Å². The lowest BCUT2D eigenvalue weighted by Crippen LogP contribution is -2.50. The van der Waals surface area contributed by atoms with Crippen molar-refractivity contribution in [2.45, 2.75) is 78.3 Å². The molecule has 118 valence electrons. The summed E-state index contributed by atoms with van der Waals surface area (Å²) in [4.78, 5) is 2.85. The van der Waals surface area contributed by atoms with Gasteiger partial charge in [-0.25, -0.2) is 0 Å². The molecule has 0 aromatic rings. The highest BCUT2D eigenvalue weighted by Gasteiger charge is 2.35. The maximum absolute atomic E-state index is 3.70. The fourth-order valence-corrected chi connectivity index (χ4v) is 4.45. The molecule has 2 nitrogen and oxygen atoms in total. The van der Waals surface area contributed by atoms with Crippen LogP contribution in [0.3, 0.4) is 0 Å². The summed E-state index contributed by atoms with van der Waals surface area (Å²) in [6.45, 7) is 13.5. The minimum absolute atomic E-state index is 0.756. The van der Waals surface area contributed by atoms with Crippen LogP contribution < -0.4 is 5.32 Å². The van der Waals surface area contributed by atoms with E-state index in [0.717, 1.165) is 29.8 Å². The summed E-state index contributed by atoms with van der Waals surface area (Å²) in [5.74, 6) is 2.67. The maximum Gasteiger partial charge on any atom is 0.0195 e. The molecule has 1 N–H and O–H groups in total. The lowest BCUT2D eigenvalue weighted by atomic mass is 9.73. The van der Waals surface area contributed by atoms with Gasteiger partial charge >= 0.3 is 0 Å². The van der Waals surface area contributed by atoms with Crippen molar-refractivity contribution < 1.29 is 0 Å². The van der Waals surface area contributed by atoms with Gasteiger partial charge in [0.1, 0.15) is 0 Å². The first-order valence-electron chi connectivity index (χ1n) is 9.09. The summed E-state index contributed by atoms with van der Waals surface area (Å²) in [6, 6.07) is 1.59. The van der Waals surface area contributed by atoms with E-state index in [1.54, 1.807) is 0 Å². The summed E-state index contributed by atoms with van der Waals surface area (Å²) < 4.78 is 0. The molecular weight excluding hydrogens is 244 g/mol. The van der Waals surface area contributed by atoms with E-state index < -0.39 is 0 Å². The third-order valence-electron chi connectivity index (χ3n) is 5.58. The second-order valence-electron chi connectivity index (χ2n) is 7.68. The number of rotatable bonds is 6. The van der Waals surface area contributed by atoms with Crippen LogP contribution in [-0.4, -0.2) is 36.6 Å². The number of nitrogens with one attached hydrogen (secondary N) is 1. The Balaban J connectivity index is 2.02. The van der Waals surface area contributed by atoms with Crippen molar-refractivity contribution in [1.82, 2.24) is 10.2 Å². The molecule has 2 heteroatoms. The Bertz CT molecular complexity index is 271.